The van der Waals surface area contributed by atoms with Crippen molar-refractivity contribution in [2.75, 3.05) is 35.8 Å². The van der Waals surface area contributed by atoms with Crippen molar-refractivity contribution in [3.63, 3.8) is 0 Å². The average Bonchev–Trinajstić information content (AvgIpc) is 3.20. The number of hydrogen-bond donors (Lipinski definition) is 0. The van der Waals surface area contributed by atoms with E-state index in [-0.39, 0.29) is 5.75 Å². The summed E-state index contributed by atoms with van der Waals surface area (Å²) in [6, 6.07) is 0.505. The monoisotopic (exact) mass is 344 g/mol. The largest absolute Gasteiger partial charge is 0.341 e. The highest BCUT2D eigenvalue weighted by molar-refractivity contribution is 8.00. The van der Waals surface area contributed by atoms with Crippen LogP contribution in [0.2, 0.25) is 0 Å². The Balaban J connectivity index is 1.72. The average molecular weight is 345 g/mol. The fourth-order valence-electron chi connectivity index (χ4n) is 2.73. The zero-order chi connectivity index (χ0) is 15.7. The van der Waals surface area contributed by atoms with Crippen LogP contribution in [0.3, 0.4) is 0 Å². The van der Waals surface area contributed by atoms with E-state index in [0.29, 0.717) is 11.8 Å². The van der Waals surface area contributed by atoms with Crippen molar-refractivity contribution in [1.29, 1.82) is 0 Å². The van der Waals surface area contributed by atoms with Crippen LogP contribution < -0.4 is 4.90 Å². The summed E-state index contributed by atoms with van der Waals surface area (Å²) in [6.45, 7) is 4.38. The minimum Gasteiger partial charge on any atom is -0.341 e. The van der Waals surface area contributed by atoms with Gasteiger partial charge in [0.1, 0.15) is 9.84 Å². The Labute approximate surface area is 136 Å². The summed E-state index contributed by atoms with van der Waals surface area (Å²) in [6.07, 6.45) is 6.03. The number of thioether (sulfide) groups is 1. The van der Waals surface area contributed by atoms with E-state index in [4.69, 9.17) is 0 Å². The molecule has 22 heavy (non-hydrogen) atoms. The summed E-state index contributed by atoms with van der Waals surface area (Å²) >= 11 is 1.51. The first kappa shape index (κ1) is 16.1. The molecule has 0 radical (unpaired) electrons. The molecule has 0 N–H and O–H groups in total. The van der Waals surface area contributed by atoms with Crippen molar-refractivity contribution in [3.05, 3.63) is 0 Å². The van der Waals surface area contributed by atoms with Gasteiger partial charge in [0.05, 0.1) is 5.75 Å². The molecule has 1 aliphatic heterocycles. The van der Waals surface area contributed by atoms with E-state index in [0.717, 1.165) is 30.1 Å². The van der Waals surface area contributed by atoms with Gasteiger partial charge in [0.2, 0.25) is 5.95 Å². The van der Waals surface area contributed by atoms with Gasteiger partial charge in [0, 0.05) is 31.1 Å². The van der Waals surface area contributed by atoms with E-state index in [2.05, 4.69) is 26.6 Å². The van der Waals surface area contributed by atoms with Gasteiger partial charge in [-0.1, -0.05) is 18.7 Å². The Bertz CT molecular complexity index is 617. The van der Waals surface area contributed by atoms with Gasteiger partial charge in [-0.3, -0.25) is 4.57 Å². The van der Waals surface area contributed by atoms with Gasteiger partial charge in [0.15, 0.2) is 5.16 Å². The second-order valence-corrected chi connectivity index (χ2v) is 9.85. The quantitative estimate of drug-likeness (QED) is 0.735. The van der Waals surface area contributed by atoms with E-state index in [9.17, 15) is 8.42 Å². The summed E-state index contributed by atoms with van der Waals surface area (Å²) in [5.74, 6) is 2.50. The Morgan fingerprint density at radius 2 is 1.86 bits per heavy atom. The van der Waals surface area contributed by atoms with Crippen LogP contribution in [0, 0.1) is 5.92 Å². The van der Waals surface area contributed by atoms with Gasteiger partial charge in [0.25, 0.3) is 0 Å². The summed E-state index contributed by atoms with van der Waals surface area (Å²) in [5.41, 5.74) is 0. The molecule has 124 valence electrons. The van der Waals surface area contributed by atoms with Crippen LogP contribution in [0.1, 0.15) is 38.6 Å². The molecule has 0 unspecified atom stereocenters. The minimum absolute atomic E-state index is 0.186. The summed E-state index contributed by atoms with van der Waals surface area (Å²) in [7, 11) is -2.92. The molecule has 1 saturated heterocycles. The lowest BCUT2D eigenvalue weighted by Gasteiger charge is -2.31. The minimum atomic E-state index is -2.92. The molecule has 1 saturated carbocycles. The molecular formula is C14H24N4O2S2. The first-order valence-electron chi connectivity index (χ1n) is 7.94. The molecule has 6 nitrogen and oxygen atoms in total. The van der Waals surface area contributed by atoms with Crippen LogP contribution >= 0.6 is 11.8 Å². The predicted octanol–water partition coefficient (Wildman–Crippen LogP) is 1.99. The SMILES string of the molecule is CC1CCN(c2nnc(SCCS(C)(=O)=O)n2C2CC2)CC1. The first-order chi connectivity index (χ1) is 10.4. The molecule has 0 aromatic carbocycles. The van der Waals surface area contributed by atoms with Gasteiger partial charge >= 0.3 is 0 Å². The fraction of sp³-hybridized carbons (Fsp3) is 0.857. The number of rotatable bonds is 6. The molecule has 2 heterocycles. The zero-order valence-electron chi connectivity index (χ0n) is 13.2. The smallest absolute Gasteiger partial charge is 0.228 e. The summed E-state index contributed by atoms with van der Waals surface area (Å²) < 4.78 is 24.8. The topological polar surface area (TPSA) is 68.1 Å². The van der Waals surface area contributed by atoms with Crippen molar-refractivity contribution in [2.24, 2.45) is 5.92 Å². The molecule has 3 rings (SSSR count). The molecule has 0 spiro atoms. The molecule has 8 heteroatoms. The third-order valence-corrected chi connectivity index (χ3v) is 6.46. The molecule has 1 aromatic heterocycles. The van der Waals surface area contributed by atoms with Gasteiger partial charge in [-0.15, -0.1) is 10.2 Å². The number of aromatic nitrogens is 3. The Morgan fingerprint density at radius 3 is 2.45 bits per heavy atom. The standard InChI is InChI=1S/C14H24N4O2S2/c1-11-5-7-17(8-6-11)13-15-16-14(18(13)12-3-4-12)21-9-10-22(2,19)20/h11-12H,3-10H2,1-2H3. The molecule has 2 aliphatic rings. The van der Waals surface area contributed by atoms with E-state index in [1.807, 2.05) is 0 Å². The van der Waals surface area contributed by atoms with Gasteiger partial charge < -0.3 is 4.90 Å². The van der Waals surface area contributed by atoms with Crippen molar-refractivity contribution in [2.45, 2.75) is 43.8 Å². The molecule has 0 amide bonds. The van der Waals surface area contributed by atoms with Crippen LogP contribution in [0.5, 0.6) is 0 Å². The van der Waals surface area contributed by atoms with Crippen LogP contribution in [0.4, 0.5) is 5.95 Å². The number of hydrogen-bond acceptors (Lipinski definition) is 6. The van der Waals surface area contributed by atoms with E-state index in [1.54, 1.807) is 0 Å². The Hall–Kier alpha value is -0.760. The fourth-order valence-corrected chi connectivity index (χ4v) is 4.92. The van der Waals surface area contributed by atoms with Crippen molar-refractivity contribution < 1.29 is 8.42 Å². The molecule has 0 atom stereocenters. The Kier molecular flexibility index (Phi) is 4.68. The lowest BCUT2D eigenvalue weighted by atomic mass is 10.00. The summed E-state index contributed by atoms with van der Waals surface area (Å²) in [5, 5.41) is 9.62. The van der Waals surface area contributed by atoms with Gasteiger partial charge in [-0.2, -0.15) is 0 Å². The maximum Gasteiger partial charge on any atom is 0.228 e. The third kappa shape index (κ3) is 3.95. The molecule has 2 fully saturated rings. The van der Waals surface area contributed by atoms with E-state index >= 15 is 0 Å². The maximum atomic E-state index is 11.3. The molecule has 0 bridgehead atoms. The lowest BCUT2D eigenvalue weighted by Crippen LogP contribution is -2.34. The van der Waals surface area contributed by atoms with Crippen molar-refractivity contribution >= 4 is 27.5 Å². The van der Waals surface area contributed by atoms with Crippen molar-refractivity contribution in [1.82, 2.24) is 14.8 Å². The highest BCUT2D eigenvalue weighted by Crippen LogP contribution is 2.41. The highest BCUT2D eigenvalue weighted by atomic mass is 32.2. The number of anilines is 1. The Morgan fingerprint density at radius 1 is 1.18 bits per heavy atom. The third-order valence-electron chi connectivity index (χ3n) is 4.31. The van der Waals surface area contributed by atoms with E-state index < -0.39 is 9.84 Å². The second-order valence-electron chi connectivity index (χ2n) is 6.53. The predicted molar refractivity (Wildman–Crippen MR) is 89.3 cm³/mol. The summed E-state index contributed by atoms with van der Waals surface area (Å²) in [4.78, 5) is 2.34. The second kappa shape index (κ2) is 6.39. The number of sulfone groups is 1. The number of nitrogens with zero attached hydrogens (tertiary/aromatic N) is 4. The van der Waals surface area contributed by atoms with Crippen LogP contribution in [0.15, 0.2) is 5.16 Å². The highest BCUT2D eigenvalue weighted by Gasteiger charge is 2.32. The zero-order valence-corrected chi connectivity index (χ0v) is 14.9. The molecule has 1 aliphatic carbocycles. The normalized spacial score (nSPS) is 20.5. The van der Waals surface area contributed by atoms with Crippen LogP contribution in [-0.4, -0.2) is 54.0 Å². The van der Waals surface area contributed by atoms with E-state index in [1.165, 1.54) is 43.7 Å². The molecular weight excluding hydrogens is 320 g/mol. The van der Waals surface area contributed by atoms with Gasteiger partial charge in [-0.25, -0.2) is 8.42 Å². The first-order valence-corrected chi connectivity index (χ1v) is 11.0. The van der Waals surface area contributed by atoms with Crippen LogP contribution in [0.25, 0.3) is 0 Å². The maximum absolute atomic E-state index is 11.3. The van der Waals surface area contributed by atoms with Gasteiger partial charge in [-0.05, 0) is 31.6 Å². The lowest BCUT2D eigenvalue weighted by molar-refractivity contribution is 0.429. The van der Waals surface area contributed by atoms with Crippen molar-refractivity contribution in [3.8, 4) is 0 Å². The molecule has 1 aromatic rings. The van der Waals surface area contributed by atoms with Crippen LogP contribution in [-0.2, 0) is 9.84 Å². The number of piperidine rings is 1.